The number of halogens is 1. The minimum absolute atomic E-state index is 0.00708. The van der Waals surface area contributed by atoms with E-state index in [-0.39, 0.29) is 22.9 Å². The zero-order valence-electron chi connectivity index (χ0n) is 12.4. The van der Waals surface area contributed by atoms with Gasteiger partial charge in [0, 0.05) is 17.8 Å². The van der Waals surface area contributed by atoms with Crippen LogP contribution in [0.15, 0.2) is 36.7 Å². The molecule has 0 aliphatic rings. The van der Waals surface area contributed by atoms with Crippen molar-refractivity contribution >= 4 is 28.9 Å². The van der Waals surface area contributed by atoms with Crippen LogP contribution in [0.1, 0.15) is 10.4 Å². The summed E-state index contributed by atoms with van der Waals surface area (Å²) in [6, 6.07) is 2.27. The van der Waals surface area contributed by atoms with Gasteiger partial charge in [0.15, 0.2) is 5.02 Å². The molecule has 1 amide bonds. The number of nitrogens with zero attached hydrogens (tertiary/aromatic N) is 3. The van der Waals surface area contributed by atoms with Crippen LogP contribution in [0.5, 0.6) is 5.75 Å². The lowest BCUT2D eigenvalue weighted by Crippen LogP contribution is -2.12. The Bertz CT molecular complexity index is 802. The van der Waals surface area contributed by atoms with Gasteiger partial charge in [-0.2, -0.15) is 5.10 Å². The van der Waals surface area contributed by atoms with Crippen LogP contribution in [0.3, 0.4) is 0 Å². The number of hydrogen-bond acceptors (Lipinski definition) is 6. The minimum atomic E-state index is -0.813. The van der Waals surface area contributed by atoms with Gasteiger partial charge >= 0.3 is 0 Å². The fraction of sp³-hybridized carbons (Fsp3) is 0.143. The number of benzene rings is 1. The van der Waals surface area contributed by atoms with Gasteiger partial charge in [-0.25, -0.2) is 0 Å². The van der Waals surface area contributed by atoms with Gasteiger partial charge in [0.25, 0.3) is 5.69 Å². The molecule has 9 nitrogen and oxygen atoms in total. The number of carbonyl (C=O) groups is 1. The predicted molar refractivity (Wildman–Crippen MR) is 87.9 cm³/mol. The summed E-state index contributed by atoms with van der Waals surface area (Å²) in [5, 5.41) is 14.8. The number of rotatable bonds is 7. The Kier molecular flexibility index (Phi) is 5.38. The quantitative estimate of drug-likeness (QED) is 0.442. The Morgan fingerprint density at radius 3 is 2.79 bits per heavy atom. The number of hydrogen-bond donors (Lipinski definition) is 2. The molecule has 10 heteroatoms. The summed E-state index contributed by atoms with van der Waals surface area (Å²) < 4.78 is 7.00. The summed E-state index contributed by atoms with van der Waals surface area (Å²) in [5.41, 5.74) is 10.7. The Hall–Kier alpha value is -3.07. The van der Waals surface area contributed by atoms with Gasteiger partial charge in [-0.05, 0) is 12.1 Å². The van der Waals surface area contributed by atoms with E-state index in [4.69, 9.17) is 27.8 Å². The van der Waals surface area contributed by atoms with Gasteiger partial charge in [0.2, 0.25) is 5.91 Å². The normalized spacial score (nSPS) is 10.9. The first-order valence-corrected chi connectivity index (χ1v) is 7.09. The Morgan fingerprint density at radius 2 is 2.21 bits per heavy atom. The van der Waals surface area contributed by atoms with Gasteiger partial charge in [0.05, 0.1) is 23.4 Å². The first-order valence-electron chi connectivity index (χ1n) is 6.72. The maximum absolute atomic E-state index is 11.2. The molecule has 0 saturated carbocycles. The number of allylic oxidation sites excluding steroid dienone is 1. The monoisotopic (exact) mass is 351 g/mol. The standard InChI is InChI=1S/C14H14ClN5O4/c15-13-11(20(22)23)5-9(14(17)21)6-12(13)24-4-2-1-3-19-8-10(16)7-18-19/h1-2,5-8H,3-4,16H2,(H2,17,21)/b2-1+. The third kappa shape index (κ3) is 4.23. The van der Waals surface area contributed by atoms with Gasteiger partial charge in [-0.15, -0.1) is 0 Å². The number of amides is 1. The summed E-state index contributed by atoms with van der Waals surface area (Å²) in [5.74, 6) is -0.806. The molecule has 0 aliphatic heterocycles. The zero-order chi connectivity index (χ0) is 17.7. The fourth-order valence-electron chi connectivity index (χ4n) is 1.83. The van der Waals surface area contributed by atoms with Crippen LogP contribution in [0.25, 0.3) is 0 Å². The molecule has 0 fully saturated rings. The van der Waals surface area contributed by atoms with Crippen LogP contribution in [0.2, 0.25) is 5.02 Å². The maximum atomic E-state index is 11.2. The molecule has 126 valence electrons. The van der Waals surface area contributed by atoms with Crippen LogP contribution < -0.4 is 16.2 Å². The van der Waals surface area contributed by atoms with E-state index in [0.717, 1.165) is 6.07 Å². The SMILES string of the molecule is NC(=O)c1cc(OC/C=C/Cn2cc(N)cn2)c(Cl)c([N+](=O)[O-])c1. The summed E-state index contributed by atoms with van der Waals surface area (Å²) in [6.45, 7) is 0.575. The number of nitro groups is 1. The first kappa shape index (κ1) is 17.3. The van der Waals surface area contributed by atoms with E-state index >= 15 is 0 Å². The predicted octanol–water partition coefficient (Wildman–Crippen LogP) is 1.76. The molecule has 0 atom stereocenters. The average molecular weight is 352 g/mol. The van der Waals surface area contributed by atoms with E-state index in [2.05, 4.69) is 5.10 Å². The second-order valence-electron chi connectivity index (χ2n) is 4.71. The van der Waals surface area contributed by atoms with Gasteiger partial charge in [0.1, 0.15) is 12.4 Å². The molecule has 4 N–H and O–H groups in total. The first-order chi connectivity index (χ1) is 11.4. The molecule has 0 saturated heterocycles. The van der Waals surface area contributed by atoms with E-state index in [1.54, 1.807) is 23.0 Å². The molecule has 0 spiro atoms. The van der Waals surface area contributed by atoms with E-state index in [1.807, 2.05) is 0 Å². The maximum Gasteiger partial charge on any atom is 0.292 e. The number of nitrogens with two attached hydrogens (primary N) is 2. The lowest BCUT2D eigenvalue weighted by Gasteiger charge is -2.08. The lowest BCUT2D eigenvalue weighted by atomic mass is 10.2. The number of primary amides is 1. The number of ether oxygens (including phenoxy) is 1. The number of carbonyl (C=O) groups excluding carboxylic acids is 1. The second-order valence-corrected chi connectivity index (χ2v) is 5.08. The average Bonchev–Trinajstić information content (AvgIpc) is 2.93. The smallest absolute Gasteiger partial charge is 0.292 e. The molecule has 0 bridgehead atoms. The highest BCUT2D eigenvalue weighted by molar-refractivity contribution is 6.34. The van der Waals surface area contributed by atoms with Crippen LogP contribution in [0, 0.1) is 10.1 Å². The highest BCUT2D eigenvalue weighted by atomic mass is 35.5. The van der Waals surface area contributed by atoms with Crippen molar-refractivity contribution in [3.63, 3.8) is 0 Å². The highest BCUT2D eigenvalue weighted by Crippen LogP contribution is 2.35. The molecule has 0 aliphatic carbocycles. The lowest BCUT2D eigenvalue weighted by molar-refractivity contribution is -0.384. The van der Waals surface area contributed by atoms with E-state index in [0.29, 0.717) is 12.2 Å². The number of anilines is 1. The van der Waals surface area contributed by atoms with Crippen molar-refractivity contribution in [1.82, 2.24) is 9.78 Å². The second kappa shape index (κ2) is 7.47. The minimum Gasteiger partial charge on any atom is -0.488 e. The van der Waals surface area contributed by atoms with Crippen LogP contribution in [0.4, 0.5) is 11.4 Å². The summed E-state index contributed by atoms with van der Waals surface area (Å²) in [4.78, 5) is 21.5. The summed E-state index contributed by atoms with van der Waals surface area (Å²) >= 11 is 5.92. The molecular weight excluding hydrogens is 338 g/mol. The van der Waals surface area contributed by atoms with Crippen molar-refractivity contribution in [1.29, 1.82) is 0 Å². The van der Waals surface area contributed by atoms with Crippen molar-refractivity contribution < 1.29 is 14.5 Å². The topological polar surface area (TPSA) is 139 Å². The third-order valence-corrected chi connectivity index (χ3v) is 3.33. The number of nitro benzene ring substituents is 1. The fourth-order valence-corrected chi connectivity index (χ4v) is 2.06. The molecular formula is C14H14ClN5O4. The molecule has 24 heavy (non-hydrogen) atoms. The van der Waals surface area contributed by atoms with Gasteiger partial charge in [-0.1, -0.05) is 17.7 Å². The number of nitrogen functional groups attached to an aromatic ring is 1. The molecule has 2 rings (SSSR count). The van der Waals surface area contributed by atoms with Crippen molar-refractivity contribution in [2.75, 3.05) is 12.3 Å². The Morgan fingerprint density at radius 1 is 1.46 bits per heavy atom. The van der Waals surface area contributed by atoms with Crippen molar-refractivity contribution in [3.05, 3.63) is 57.4 Å². The zero-order valence-corrected chi connectivity index (χ0v) is 13.1. The molecule has 1 heterocycles. The molecule has 0 unspecified atom stereocenters. The van der Waals surface area contributed by atoms with Crippen molar-refractivity contribution in [2.24, 2.45) is 5.73 Å². The molecule has 1 aromatic heterocycles. The van der Waals surface area contributed by atoms with E-state index in [1.165, 1.54) is 12.3 Å². The Labute approximate surface area is 141 Å². The van der Waals surface area contributed by atoms with Crippen LogP contribution >= 0.6 is 11.6 Å². The van der Waals surface area contributed by atoms with Crippen LogP contribution in [-0.4, -0.2) is 27.2 Å². The molecule has 1 aromatic carbocycles. The van der Waals surface area contributed by atoms with Crippen molar-refractivity contribution in [2.45, 2.75) is 6.54 Å². The van der Waals surface area contributed by atoms with Crippen LogP contribution in [-0.2, 0) is 6.54 Å². The third-order valence-electron chi connectivity index (χ3n) is 2.95. The van der Waals surface area contributed by atoms with Gasteiger partial charge in [-0.3, -0.25) is 19.6 Å². The number of aromatic nitrogens is 2. The largest absolute Gasteiger partial charge is 0.488 e. The summed E-state index contributed by atoms with van der Waals surface area (Å²) in [6.07, 6.45) is 6.64. The highest BCUT2D eigenvalue weighted by Gasteiger charge is 2.20. The van der Waals surface area contributed by atoms with E-state index < -0.39 is 16.5 Å². The molecule has 2 aromatic rings. The molecule has 0 radical (unpaired) electrons. The summed E-state index contributed by atoms with van der Waals surface area (Å²) in [7, 11) is 0. The Balaban J connectivity index is 2.05. The van der Waals surface area contributed by atoms with Crippen molar-refractivity contribution in [3.8, 4) is 5.75 Å². The van der Waals surface area contributed by atoms with E-state index in [9.17, 15) is 14.9 Å². The van der Waals surface area contributed by atoms with Gasteiger partial charge < -0.3 is 16.2 Å².